The van der Waals surface area contributed by atoms with E-state index >= 15 is 0 Å². The second kappa shape index (κ2) is 6.71. The van der Waals surface area contributed by atoms with E-state index in [2.05, 4.69) is 32.0 Å². The number of nitrogens with zero attached hydrogens (tertiary/aromatic N) is 3. The van der Waals surface area contributed by atoms with E-state index < -0.39 is 0 Å². The molecular weight excluding hydrogens is 330 g/mol. The fraction of sp³-hybridized carbons (Fsp3) is 0.450. The summed E-state index contributed by atoms with van der Waals surface area (Å²) in [5.74, 6) is 0.443. The highest BCUT2D eigenvalue weighted by Crippen LogP contribution is 2.33. The molecule has 5 heteroatoms. The predicted molar refractivity (Wildman–Crippen MR) is 102 cm³/mol. The van der Waals surface area contributed by atoms with E-state index in [9.17, 15) is 4.79 Å². The molecule has 2 aromatic heterocycles. The lowest BCUT2D eigenvalue weighted by atomic mass is 9.90. The van der Waals surface area contributed by atoms with Gasteiger partial charge in [0.15, 0.2) is 6.29 Å². The number of benzene rings is 1. The Hall–Kier alpha value is -2.01. The summed E-state index contributed by atoms with van der Waals surface area (Å²) in [5.41, 5.74) is 5.21. The number of carbonyl (C=O) groups is 1. The molecule has 3 aromatic rings. The third-order valence-corrected chi connectivity index (χ3v) is 6.39. The molecule has 1 aliphatic carbocycles. The van der Waals surface area contributed by atoms with Crippen LogP contribution in [0.25, 0.3) is 16.2 Å². The summed E-state index contributed by atoms with van der Waals surface area (Å²) >= 11 is 1.61. The molecule has 0 saturated heterocycles. The summed E-state index contributed by atoms with van der Waals surface area (Å²) in [5, 5.41) is 5.78. The summed E-state index contributed by atoms with van der Waals surface area (Å²) in [6, 6.07) is 6.52. The zero-order chi connectivity index (χ0) is 17.4. The molecule has 0 N–H and O–H groups in total. The minimum atomic E-state index is 0.443. The first-order valence-electron chi connectivity index (χ1n) is 9.22. The average Bonchev–Trinajstić information content (AvgIpc) is 3.20. The van der Waals surface area contributed by atoms with Crippen LogP contribution in [0.1, 0.15) is 72.1 Å². The normalized spacial score (nSPS) is 14.2. The van der Waals surface area contributed by atoms with E-state index in [0.717, 1.165) is 53.2 Å². The summed E-state index contributed by atoms with van der Waals surface area (Å²) < 4.78 is 1.74. The molecule has 0 fully saturated rings. The molecule has 1 aliphatic rings. The first kappa shape index (κ1) is 16.5. The first-order valence-corrected chi connectivity index (χ1v) is 10.0. The van der Waals surface area contributed by atoms with Crippen LogP contribution in [-0.4, -0.2) is 20.9 Å². The van der Waals surface area contributed by atoms with Crippen molar-refractivity contribution in [1.82, 2.24) is 14.6 Å². The maximum Gasteiger partial charge on any atom is 0.213 e. The Labute approximate surface area is 151 Å². The Balaban J connectivity index is 1.80. The number of hydrogen-bond donors (Lipinski definition) is 0. The summed E-state index contributed by atoms with van der Waals surface area (Å²) in [7, 11) is 0. The summed E-state index contributed by atoms with van der Waals surface area (Å²) in [6.07, 6.45) is 7.81. The van der Waals surface area contributed by atoms with Crippen LogP contribution in [0.2, 0.25) is 0 Å². The highest BCUT2D eigenvalue weighted by molar-refractivity contribution is 7.16. The van der Waals surface area contributed by atoms with E-state index in [1.807, 2.05) is 0 Å². The Kier molecular flexibility index (Phi) is 4.42. The monoisotopic (exact) mass is 353 g/mol. The van der Waals surface area contributed by atoms with Crippen LogP contribution in [0.5, 0.6) is 0 Å². The lowest BCUT2D eigenvalue weighted by molar-refractivity contribution is 0.111. The molecule has 4 rings (SSSR count). The largest absolute Gasteiger partial charge is 0.296 e. The van der Waals surface area contributed by atoms with E-state index in [1.54, 1.807) is 15.9 Å². The molecule has 2 heterocycles. The zero-order valence-corrected chi connectivity index (χ0v) is 15.6. The van der Waals surface area contributed by atoms with Gasteiger partial charge in [0.1, 0.15) is 16.4 Å². The maximum absolute atomic E-state index is 11.8. The van der Waals surface area contributed by atoms with E-state index in [4.69, 9.17) is 10.1 Å². The lowest BCUT2D eigenvalue weighted by Gasteiger charge is -2.16. The van der Waals surface area contributed by atoms with Gasteiger partial charge >= 0.3 is 0 Å². The molecule has 0 aliphatic heterocycles. The van der Waals surface area contributed by atoms with Crippen LogP contribution in [0.15, 0.2) is 18.2 Å². The Morgan fingerprint density at radius 3 is 2.68 bits per heavy atom. The number of aryl methyl sites for hydroxylation is 2. The molecule has 0 saturated carbocycles. The zero-order valence-electron chi connectivity index (χ0n) is 14.8. The average molecular weight is 353 g/mol. The van der Waals surface area contributed by atoms with Crippen LogP contribution in [0, 0.1) is 0 Å². The van der Waals surface area contributed by atoms with Crippen molar-refractivity contribution in [2.45, 2.75) is 58.3 Å². The van der Waals surface area contributed by atoms with E-state index in [1.165, 1.54) is 24.0 Å². The number of carbonyl (C=O) groups excluding carboxylic acids is 1. The van der Waals surface area contributed by atoms with Crippen LogP contribution in [-0.2, 0) is 12.8 Å². The first-order chi connectivity index (χ1) is 12.2. The lowest BCUT2D eigenvalue weighted by Crippen LogP contribution is -2.03. The van der Waals surface area contributed by atoms with Crippen LogP contribution >= 0.6 is 11.3 Å². The van der Waals surface area contributed by atoms with Crippen molar-refractivity contribution in [3.63, 3.8) is 0 Å². The number of fused-ring (bicyclic) bond motifs is 2. The second-order valence-corrected chi connectivity index (χ2v) is 7.79. The van der Waals surface area contributed by atoms with Gasteiger partial charge in [-0.1, -0.05) is 37.3 Å². The van der Waals surface area contributed by atoms with Gasteiger partial charge in [-0.3, -0.25) is 4.79 Å². The van der Waals surface area contributed by atoms with Gasteiger partial charge in [-0.25, -0.2) is 4.98 Å². The fourth-order valence-corrected chi connectivity index (χ4v) is 4.95. The van der Waals surface area contributed by atoms with E-state index in [0.29, 0.717) is 11.6 Å². The maximum atomic E-state index is 11.8. The number of rotatable bonds is 5. The predicted octanol–water partition coefficient (Wildman–Crippen LogP) is 5.05. The van der Waals surface area contributed by atoms with Crippen LogP contribution in [0.3, 0.4) is 0 Å². The smallest absolute Gasteiger partial charge is 0.213 e. The fourth-order valence-electron chi connectivity index (χ4n) is 3.78. The summed E-state index contributed by atoms with van der Waals surface area (Å²) in [4.78, 5) is 17.4. The molecule has 0 unspecified atom stereocenters. The Morgan fingerprint density at radius 1 is 1.20 bits per heavy atom. The molecule has 130 valence electrons. The molecule has 4 nitrogen and oxygen atoms in total. The van der Waals surface area contributed by atoms with Crippen molar-refractivity contribution in [3.8, 4) is 11.3 Å². The van der Waals surface area contributed by atoms with Crippen LogP contribution in [0.4, 0.5) is 0 Å². The summed E-state index contributed by atoms with van der Waals surface area (Å²) in [6.45, 7) is 4.36. The third kappa shape index (κ3) is 2.80. The topological polar surface area (TPSA) is 47.3 Å². The Bertz CT molecular complexity index is 921. The van der Waals surface area contributed by atoms with Gasteiger partial charge in [0, 0.05) is 11.5 Å². The highest BCUT2D eigenvalue weighted by Gasteiger charge is 2.21. The van der Waals surface area contributed by atoms with Crippen molar-refractivity contribution in [1.29, 1.82) is 0 Å². The highest BCUT2D eigenvalue weighted by atomic mass is 32.1. The Morgan fingerprint density at radius 2 is 1.96 bits per heavy atom. The molecule has 1 aromatic carbocycles. The molecule has 0 amide bonds. The van der Waals surface area contributed by atoms with E-state index in [-0.39, 0.29) is 0 Å². The number of aromatic nitrogens is 3. The standard InChI is InChI=1S/C20H23N3OS/c1-3-13(4-2)19-22-23-17(12-24)18(21-20(23)25-19)16-10-9-14-7-5-6-8-15(14)11-16/h9-13H,3-8H2,1-2H3. The molecular formula is C20H23N3OS. The minimum absolute atomic E-state index is 0.443. The molecule has 0 bridgehead atoms. The van der Waals surface area contributed by atoms with Gasteiger partial charge in [-0.2, -0.15) is 9.61 Å². The number of hydrogen-bond acceptors (Lipinski definition) is 4. The van der Waals surface area contributed by atoms with Gasteiger partial charge in [0.05, 0.1) is 0 Å². The second-order valence-electron chi connectivity index (χ2n) is 6.80. The van der Waals surface area contributed by atoms with Gasteiger partial charge in [0.25, 0.3) is 0 Å². The third-order valence-electron chi connectivity index (χ3n) is 5.32. The van der Waals surface area contributed by atoms with Gasteiger partial charge in [-0.05, 0) is 55.7 Å². The van der Waals surface area contributed by atoms with Crippen molar-refractivity contribution < 1.29 is 4.79 Å². The molecule has 25 heavy (non-hydrogen) atoms. The molecule has 0 radical (unpaired) electrons. The molecule has 0 atom stereocenters. The molecule has 0 spiro atoms. The van der Waals surface area contributed by atoms with Gasteiger partial charge < -0.3 is 0 Å². The van der Waals surface area contributed by atoms with Crippen LogP contribution < -0.4 is 0 Å². The van der Waals surface area contributed by atoms with Crippen molar-refractivity contribution in [2.75, 3.05) is 0 Å². The van der Waals surface area contributed by atoms with Gasteiger partial charge in [-0.15, -0.1) is 0 Å². The number of imidazole rings is 1. The van der Waals surface area contributed by atoms with Crippen molar-refractivity contribution in [3.05, 3.63) is 40.0 Å². The van der Waals surface area contributed by atoms with Crippen molar-refractivity contribution in [2.24, 2.45) is 0 Å². The quantitative estimate of drug-likeness (QED) is 0.603. The van der Waals surface area contributed by atoms with Gasteiger partial charge in [0.2, 0.25) is 4.96 Å². The van der Waals surface area contributed by atoms with Crippen molar-refractivity contribution >= 4 is 22.6 Å². The SMILES string of the molecule is CCC(CC)c1nn2c(C=O)c(-c3ccc4c(c3)CCCC4)nc2s1. The minimum Gasteiger partial charge on any atom is -0.296 e. The number of aldehydes is 1.